The maximum absolute atomic E-state index is 13.6. The molecule has 1 aromatic heterocycles. The third-order valence-electron chi connectivity index (χ3n) is 7.79. The van der Waals surface area contributed by atoms with E-state index in [1.807, 2.05) is 29.8 Å². The van der Waals surface area contributed by atoms with Gasteiger partial charge in [0.15, 0.2) is 0 Å². The monoisotopic (exact) mass is 530 g/mol. The number of carbonyl (C=O) groups excluding carboxylic acids is 1. The number of fused-ring (bicyclic) bond motifs is 4. The van der Waals surface area contributed by atoms with Crippen LogP contribution in [0.3, 0.4) is 0 Å². The lowest BCUT2D eigenvalue weighted by Crippen LogP contribution is -2.56. The van der Waals surface area contributed by atoms with Gasteiger partial charge in [-0.1, -0.05) is 6.07 Å². The van der Waals surface area contributed by atoms with Crippen LogP contribution in [-0.4, -0.2) is 72.9 Å². The standard InChI is InChI=1S/C26H31FN4O5S/c1-29-21-14-19(36-2)7-8-20(21)23-24(29)22(15-32)31(37(3,34)35)16-26(23)9-11-30(12-10-26)25(33)28-18-6-4-5-17(27)13-18/h4-8,13-14,22,32H,9-12,15-16H2,1-3H3,(H,28,33)/t22-/m1/s1. The van der Waals surface area contributed by atoms with Crippen LogP contribution in [0, 0.1) is 5.82 Å². The number of nitrogens with one attached hydrogen (secondary N) is 1. The third kappa shape index (κ3) is 4.34. The van der Waals surface area contributed by atoms with Gasteiger partial charge < -0.3 is 24.6 Å². The number of anilines is 1. The minimum absolute atomic E-state index is 0.217. The van der Waals surface area contributed by atoms with Crippen molar-refractivity contribution in [1.29, 1.82) is 0 Å². The molecule has 0 radical (unpaired) electrons. The van der Waals surface area contributed by atoms with Gasteiger partial charge in [-0.15, -0.1) is 0 Å². The molecular formula is C26H31FN4O5S. The lowest BCUT2D eigenvalue weighted by molar-refractivity contribution is 0.105. The van der Waals surface area contributed by atoms with Crippen molar-refractivity contribution in [3.63, 3.8) is 0 Å². The summed E-state index contributed by atoms with van der Waals surface area (Å²) in [5.41, 5.74) is 2.51. The number of likely N-dealkylation sites (tertiary alicyclic amines) is 1. The Morgan fingerprint density at radius 2 is 1.95 bits per heavy atom. The van der Waals surface area contributed by atoms with Crippen molar-refractivity contribution in [3.8, 4) is 5.75 Å². The summed E-state index contributed by atoms with van der Waals surface area (Å²) in [6.07, 6.45) is 2.24. The van der Waals surface area contributed by atoms with Crippen molar-refractivity contribution in [2.75, 3.05) is 44.9 Å². The Hall–Kier alpha value is -3.15. The van der Waals surface area contributed by atoms with E-state index in [4.69, 9.17) is 4.74 Å². The number of aromatic nitrogens is 1. The molecule has 5 rings (SSSR count). The van der Waals surface area contributed by atoms with E-state index in [1.165, 1.54) is 28.8 Å². The summed E-state index contributed by atoms with van der Waals surface area (Å²) in [6, 6.07) is 10.5. The van der Waals surface area contributed by atoms with Crippen LogP contribution in [0.25, 0.3) is 10.9 Å². The SMILES string of the molecule is COc1ccc2c3c(n(C)c2c1)[C@@H](CO)N(S(C)(=O)=O)CC31CCN(C(=O)Nc2cccc(F)c2)CC1. The molecule has 2 amide bonds. The fourth-order valence-corrected chi connectivity index (χ4v) is 7.09. The highest BCUT2D eigenvalue weighted by Crippen LogP contribution is 2.50. The molecule has 1 atom stereocenters. The van der Waals surface area contributed by atoms with Crippen LogP contribution in [0.4, 0.5) is 14.9 Å². The average Bonchev–Trinajstić information content (AvgIpc) is 3.16. The largest absolute Gasteiger partial charge is 0.497 e. The number of hydrogen-bond donors (Lipinski definition) is 2. The van der Waals surface area contributed by atoms with E-state index in [2.05, 4.69) is 5.32 Å². The summed E-state index contributed by atoms with van der Waals surface area (Å²) in [4.78, 5) is 14.6. The Kier molecular flexibility index (Phi) is 6.41. The fourth-order valence-electron chi connectivity index (χ4n) is 5.97. The molecule has 1 saturated heterocycles. The predicted molar refractivity (Wildman–Crippen MR) is 139 cm³/mol. The molecule has 9 nitrogen and oxygen atoms in total. The first-order valence-electron chi connectivity index (χ1n) is 12.1. The molecule has 2 aliphatic rings. The average molecular weight is 531 g/mol. The van der Waals surface area contributed by atoms with Crippen LogP contribution in [0.2, 0.25) is 0 Å². The summed E-state index contributed by atoms with van der Waals surface area (Å²) in [5.74, 6) is 0.251. The lowest BCUT2D eigenvalue weighted by atomic mass is 9.69. The van der Waals surface area contributed by atoms with Gasteiger partial charge in [0.2, 0.25) is 10.0 Å². The van der Waals surface area contributed by atoms with E-state index in [1.54, 1.807) is 18.1 Å². The lowest BCUT2D eigenvalue weighted by Gasteiger charge is -2.49. The smallest absolute Gasteiger partial charge is 0.321 e. The van der Waals surface area contributed by atoms with Crippen LogP contribution in [0.15, 0.2) is 42.5 Å². The van der Waals surface area contributed by atoms with Crippen LogP contribution in [0.1, 0.15) is 30.1 Å². The summed E-state index contributed by atoms with van der Waals surface area (Å²) in [5, 5.41) is 14.1. The summed E-state index contributed by atoms with van der Waals surface area (Å²) >= 11 is 0. The number of piperidine rings is 1. The number of ether oxygens (including phenoxy) is 1. The van der Waals surface area contributed by atoms with Gasteiger partial charge in [-0.05, 0) is 48.7 Å². The number of methoxy groups -OCH3 is 1. The van der Waals surface area contributed by atoms with Gasteiger partial charge in [-0.3, -0.25) is 0 Å². The van der Waals surface area contributed by atoms with Gasteiger partial charge in [0, 0.05) is 54.9 Å². The van der Waals surface area contributed by atoms with Crippen molar-refractivity contribution >= 4 is 32.6 Å². The molecule has 0 aliphatic carbocycles. The molecule has 11 heteroatoms. The number of amides is 2. The van der Waals surface area contributed by atoms with Crippen molar-refractivity contribution in [2.24, 2.45) is 7.05 Å². The minimum Gasteiger partial charge on any atom is -0.497 e. The first-order chi connectivity index (χ1) is 17.6. The van der Waals surface area contributed by atoms with E-state index in [0.29, 0.717) is 37.4 Å². The number of aryl methyl sites for hydroxylation is 1. The minimum atomic E-state index is -3.64. The number of halogens is 1. The van der Waals surface area contributed by atoms with E-state index < -0.39 is 27.3 Å². The van der Waals surface area contributed by atoms with Crippen LogP contribution >= 0.6 is 0 Å². The third-order valence-corrected chi connectivity index (χ3v) is 9.02. The van der Waals surface area contributed by atoms with E-state index in [9.17, 15) is 22.7 Å². The van der Waals surface area contributed by atoms with Gasteiger partial charge in [-0.2, -0.15) is 4.31 Å². The molecule has 1 fully saturated rings. The molecule has 0 unspecified atom stereocenters. The number of carbonyl (C=O) groups is 1. The Balaban J connectivity index is 1.54. The van der Waals surface area contributed by atoms with Gasteiger partial charge in [0.05, 0.1) is 31.5 Å². The number of aliphatic hydroxyl groups excluding tert-OH is 1. The zero-order chi connectivity index (χ0) is 26.5. The molecule has 1 spiro atoms. The molecule has 198 valence electrons. The number of hydrogen-bond acceptors (Lipinski definition) is 5. The van der Waals surface area contributed by atoms with Gasteiger partial charge in [0.1, 0.15) is 11.6 Å². The molecule has 3 aromatic rings. The van der Waals surface area contributed by atoms with Crippen molar-refractivity contribution in [3.05, 3.63) is 59.5 Å². The van der Waals surface area contributed by atoms with Gasteiger partial charge in [0.25, 0.3) is 0 Å². The summed E-state index contributed by atoms with van der Waals surface area (Å²) in [7, 11) is -0.165. The molecule has 37 heavy (non-hydrogen) atoms. The second kappa shape index (κ2) is 9.30. The zero-order valence-corrected chi connectivity index (χ0v) is 21.9. The Morgan fingerprint density at radius 3 is 2.57 bits per heavy atom. The van der Waals surface area contributed by atoms with Crippen LogP contribution in [0.5, 0.6) is 5.75 Å². The zero-order valence-electron chi connectivity index (χ0n) is 21.1. The highest BCUT2D eigenvalue weighted by Gasteiger charge is 2.50. The van der Waals surface area contributed by atoms with Crippen molar-refractivity contribution in [2.45, 2.75) is 24.3 Å². The van der Waals surface area contributed by atoms with E-state index in [-0.39, 0.29) is 19.2 Å². The number of sulfonamides is 1. The number of rotatable bonds is 4. The van der Waals surface area contributed by atoms with Crippen LogP contribution in [-0.2, 0) is 22.5 Å². The molecule has 2 aliphatic heterocycles. The number of urea groups is 1. The number of benzene rings is 2. The number of aliphatic hydroxyl groups is 1. The molecule has 0 bridgehead atoms. The summed E-state index contributed by atoms with van der Waals surface area (Å²) in [6.45, 7) is 0.664. The Morgan fingerprint density at radius 1 is 1.22 bits per heavy atom. The quantitative estimate of drug-likeness (QED) is 0.539. The summed E-state index contributed by atoms with van der Waals surface area (Å²) < 4.78 is 48.1. The second-order valence-electron chi connectivity index (χ2n) is 9.92. The Labute approximate surface area is 215 Å². The van der Waals surface area contributed by atoms with Crippen molar-refractivity contribution < 1.29 is 27.4 Å². The maximum atomic E-state index is 13.6. The van der Waals surface area contributed by atoms with E-state index in [0.717, 1.165) is 22.2 Å². The predicted octanol–water partition coefficient (Wildman–Crippen LogP) is 3.20. The number of nitrogens with zero attached hydrogens (tertiary/aromatic N) is 3. The molecule has 2 aromatic carbocycles. The van der Waals surface area contributed by atoms with Gasteiger partial charge in [-0.25, -0.2) is 17.6 Å². The maximum Gasteiger partial charge on any atom is 0.321 e. The highest BCUT2D eigenvalue weighted by molar-refractivity contribution is 7.88. The molecule has 0 saturated carbocycles. The van der Waals surface area contributed by atoms with Crippen molar-refractivity contribution in [1.82, 2.24) is 13.8 Å². The van der Waals surface area contributed by atoms with Crippen LogP contribution < -0.4 is 10.1 Å². The van der Waals surface area contributed by atoms with Gasteiger partial charge >= 0.3 is 6.03 Å². The Bertz CT molecular complexity index is 1460. The fraction of sp³-hybridized carbons (Fsp3) is 0.423. The normalized spacial score (nSPS) is 19.7. The second-order valence-corrected chi connectivity index (χ2v) is 11.9. The molecule has 2 N–H and O–H groups in total. The molecular weight excluding hydrogens is 499 g/mol. The molecule has 3 heterocycles. The first-order valence-corrected chi connectivity index (χ1v) is 14.0. The van der Waals surface area contributed by atoms with E-state index >= 15 is 0 Å². The topological polar surface area (TPSA) is 104 Å². The first kappa shape index (κ1) is 25.5. The highest BCUT2D eigenvalue weighted by atomic mass is 32.2.